The Labute approximate surface area is 153 Å². The first kappa shape index (κ1) is 27.9. The van der Waals surface area contributed by atoms with Gasteiger partial charge in [0.1, 0.15) is 5.78 Å². The van der Waals surface area contributed by atoms with Crippen LogP contribution in [-0.2, 0) is 42.3 Å². The second kappa shape index (κ2) is 26.9. The molecule has 0 heterocycles. The van der Waals surface area contributed by atoms with E-state index in [1.807, 2.05) is 20.8 Å². The summed E-state index contributed by atoms with van der Waals surface area (Å²) in [4.78, 5) is 11.0. The summed E-state index contributed by atoms with van der Waals surface area (Å²) in [5.41, 5.74) is 0. The number of hydrogen-bond donors (Lipinski definition) is 0. The van der Waals surface area contributed by atoms with Crippen molar-refractivity contribution in [2.75, 3.05) is 66.4 Å². The summed E-state index contributed by atoms with van der Waals surface area (Å²) in [5, 5.41) is 3.92. The predicted octanol–water partition coefficient (Wildman–Crippen LogP) is 2.45. The number of nitrogens with zero attached hydrogens (tertiary/aromatic N) is 1. The summed E-state index contributed by atoms with van der Waals surface area (Å²) in [7, 11) is 1.77. The van der Waals surface area contributed by atoms with E-state index in [1.165, 1.54) is 0 Å². The summed E-state index contributed by atoms with van der Waals surface area (Å²) in [6, 6.07) is 0. The van der Waals surface area contributed by atoms with Gasteiger partial charge in [0.05, 0.1) is 46.2 Å². The van der Waals surface area contributed by atoms with Crippen LogP contribution in [0.5, 0.6) is 0 Å². The van der Waals surface area contributed by atoms with E-state index in [0.29, 0.717) is 65.7 Å². The molecule has 139 valence electrons. The standard InChI is InChI=1S/C14H28NO5.C2H6.V/c1-3-14(16)4-6-17-8-10-19-12-13-20-11-9-18-7-5-15-2;1-2;/h3-13H2,1-2H3;1-2H3;/q-1;;. The normalized spacial score (nSPS) is 9.74. The number of rotatable bonds is 16. The van der Waals surface area contributed by atoms with Gasteiger partial charge >= 0.3 is 0 Å². The second-order valence-electron chi connectivity index (χ2n) is 4.13. The van der Waals surface area contributed by atoms with E-state index in [4.69, 9.17) is 18.9 Å². The molecule has 0 aromatic carbocycles. The summed E-state index contributed by atoms with van der Waals surface area (Å²) in [5.74, 6) is 0.231. The molecule has 0 amide bonds. The van der Waals surface area contributed by atoms with Crippen LogP contribution in [0.2, 0.25) is 0 Å². The zero-order chi connectivity index (χ0) is 16.9. The second-order valence-corrected chi connectivity index (χ2v) is 4.13. The topological polar surface area (TPSA) is 68.1 Å². The van der Waals surface area contributed by atoms with E-state index in [1.54, 1.807) is 7.05 Å². The van der Waals surface area contributed by atoms with Crippen molar-refractivity contribution in [3.05, 3.63) is 5.32 Å². The Hall–Kier alpha value is 0.0544. The SMILES string of the molecule is CC.CCC(=O)CCOCCOCCOCCOCC[N-]C.[V]. The molecule has 0 aliphatic carbocycles. The Morgan fingerprint density at radius 2 is 1.17 bits per heavy atom. The Morgan fingerprint density at radius 1 is 0.783 bits per heavy atom. The van der Waals surface area contributed by atoms with Crippen LogP contribution in [0.4, 0.5) is 0 Å². The van der Waals surface area contributed by atoms with E-state index in [9.17, 15) is 4.79 Å². The number of carbonyl (C=O) groups is 1. The van der Waals surface area contributed by atoms with Crippen LogP contribution in [0.15, 0.2) is 0 Å². The van der Waals surface area contributed by atoms with Crippen LogP contribution in [-0.4, -0.2) is 72.2 Å². The van der Waals surface area contributed by atoms with Crippen molar-refractivity contribution in [2.45, 2.75) is 33.6 Å². The molecule has 0 unspecified atom stereocenters. The average molecular weight is 371 g/mol. The van der Waals surface area contributed by atoms with Crippen LogP contribution in [0.1, 0.15) is 33.6 Å². The number of likely N-dealkylation sites (N-methyl/N-ethyl adjacent to an activating group) is 1. The van der Waals surface area contributed by atoms with Crippen molar-refractivity contribution in [3.8, 4) is 0 Å². The molecular weight excluding hydrogens is 337 g/mol. The third-order valence-corrected chi connectivity index (χ3v) is 2.49. The van der Waals surface area contributed by atoms with Crippen molar-refractivity contribution in [1.82, 2.24) is 0 Å². The van der Waals surface area contributed by atoms with Gasteiger partial charge in [0.15, 0.2) is 0 Å². The minimum Gasteiger partial charge on any atom is -0.663 e. The molecule has 0 rings (SSSR count). The quantitative estimate of drug-likeness (QED) is 0.390. The molecule has 1 radical (unpaired) electrons. The van der Waals surface area contributed by atoms with Crippen LogP contribution < -0.4 is 0 Å². The van der Waals surface area contributed by atoms with E-state index < -0.39 is 0 Å². The van der Waals surface area contributed by atoms with Crippen LogP contribution in [0, 0.1) is 0 Å². The van der Waals surface area contributed by atoms with Gasteiger partial charge < -0.3 is 24.3 Å². The Kier molecular flexibility index (Phi) is 32.6. The minimum absolute atomic E-state index is 0. The molecule has 6 nitrogen and oxygen atoms in total. The number of ether oxygens (including phenoxy) is 4. The fraction of sp³-hybridized carbons (Fsp3) is 0.938. The van der Waals surface area contributed by atoms with Crippen LogP contribution in [0.3, 0.4) is 0 Å². The Balaban J connectivity index is -0.00000128. The van der Waals surface area contributed by atoms with Gasteiger partial charge in [0.25, 0.3) is 0 Å². The molecule has 0 aliphatic heterocycles. The van der Waals surface area contributed by atoms with Crippen molar-refractivity contribution in [2.24, 2.45) is 0 Å². The zero-order valence-electron chi connectivity index (χ0n) is 15.2. The molecular formula is C16H34NO5V-. The van der Waals surface area contributed by atoms with Crippen molar-refractivity contribution in [1.29, 1.82) is 0 Å². The van der Waals surface area contributed by atoms with Gasteiger partial charge in [-0.1, -0.05) is 20.8 Å². The molecule has 0 atom stereocenters. The predicted molar refractivity (Wildman–Crippen MR) is 88.7 cm³/mol. The summed E-state index contributed by atoms with van der Waals surface area (Å²) >= 11 is 0. The molecule has 0 bridgehead atoms. The Bertz CT molecular complexity index is 221. The monoisotopic (exact) mass is 371 g/mol. The molecule has 0 spiro atoms. The minimum atomic E-state index is 0. The summed E-state index contributed by atoms with van der Waals surface area (Å²) in [6.07, 6.45) is 1.07. The molecule has 0 N–H and O–H groups in total. The zero-order valence-corrected chi connectivity index (χ0v) is 16.6. The number of Topliss-reactive ketones (excluding diaryl/α,β-unsaturated/α-hetero) is 1. The molecule has 0 saturated carbocycles. The Morgan fingerprint density at radius 3 is 1.57 bits per heavy atom. The number of ketones is 1. The average Bonchev–Trinajstić information content (AvgIpc) is 2.56. The molecule has 0 saturated heterocycles. The first-order valence-electron chi connectivity index (χ1n) is 8.19. The summed E-state index contributed by atoms with van der Waals surface area (Å²) < 4.78 is 21.2. The maximum Gasteiger partial charge on any atom is 0.134 e. The molecule has 0 aliphatic rings. The van der Waals surface area contributed by atoms with Crippen molar-refractivity contribution >= 4 is 5.78 Å². The van der Waals surface area contributed by atoms with E-state index in [2.05, 4.69) is 5.32 Å². The molecule has 0 fully saturated rings. The maximum absolute atomic E-state index is 11.0. The third kappa shape index (κ3) is 27.2. The van der Waals surface area contributed by atoms with Gasteiger partial charge in [-0.05, 0) is 0 Å². The van der Waals surface area contributed by atoms with Gasteiger partial charge in [0.2, 0.25) is 0 Å². The van der Waals surface area contributed by atoms with E-state index >= 15 is 0 Å². The molecule has 0 aromatic rings. The summed E-state index contributed by atoms with van der Waals surface area (Å²) in [6.45, 7) is 11.0. The van der Waals surface area contributed by atoms with E-state index in [-0.39, 0.29) is 24.3 Å². The largest absolute Gasteiger partial charge is 0.663 e. The van der Waals surface area contributed by atoms with Gasteiger partial charge in [-0.2, -0.15) is 7.05 Å². The van der Waals surface area contributed by atoms with Gasteiger partial charge in [-0.15, -0.1) is 6.54 Å². The first-order valence-corrected chi connectivity index (χ1v) is 8.19. The first-order chi connectivity index (χ1) is 10.8. The fourth-order valence-electron chi connectivity index (χ4n) is 1.28. The van der Waals surface area contributed by atoms with Crippen LogP contribution >= 0.6 is 0 Å². The third-order valence-electron chi connectivity index (χ3n) is 2.49. The van der Waals surface area contributed by atoms with Gasteiger partial charge in [-0.3, -0.25) is 4.79 Å². The molecule has 0 aromatic heterocycles. The van der Waals surface area contributed by atoms with E-state index in [0.717, 1.165) is 6.54 Å². The van der Waals surface area contributed by atoms with Crippen LogP contribution in [0.25, 0.3) is 5.32 Å². The molecule has 23 heavy (non-hydrogen) atoms. The van der Waals surface area contributed by atoms with Crippen molar-refractivity contribution < 1.29 is 42.3 Å². The smallest absolute Gasteiger partial charge is 0.134 e. The molecule has 7 heteroatoms. The fourth-order valence-corrected chi connectivity index (χ4v) is 1.28. The maximum atomic E-state index is 11.0. The van der Waals surface area contributed by atoms with Gasteiger partial charge in [-0.25, -0.2) is 0 Å². The van der Waals surface area contributed by atoms with Crippen molar-refractivity contribution in [3.63, 3.8) is 0 Å². The number of carbonyl (C=O) groups excluding carboxylic acids is 1. The number of hydrogen-bond acceptors (Lipinski definition) is 5. The van der Waals surface area contributed by atoms with Gasteiger partial charge in [0, 0.05) is 38.0 Å².